The van der Waals surface area contributed by atoms with Crippen LogP contribution in [0.15, 0.2) is 40.5 Å². The fraction of sp³-hybridized carbons (Fsp3) is 0.467. The fourth-order valence-electron chi connectivity index (χ4n) is 1.81. The minimum absolute atomic E-state index is 0.212. The predicted molar refractivity (Wildman–Crippen MR) is 84.5 cm³/mol. The number of aliphatic imine (C=N–C) groups is 1. The molecule has 1 heterocycles. The zero-order valence-corrected chi connectivity index (χ0v) is 12.8. The van der Waals surface area contributed by atoms with Gasteiger partial charge in [0.15, 0.2) is 11.7 Å². The van der Waals surface area contributed by atoms with E-state index in [9.17, 15) is 4.79 Å². The second-order valence-corrected chi connectivity index (χ2v) is 4.56. The first-order chi connectivity index (χ1) is 10.2. The first-order valence-corrected chi connectivity index (χ1v) is 7.03. The Labute approximate surface area is 125 Å². The lowest BCUT2D eigenvalue weighted by Crippen LogP contribution is -2.42. The average Bonchev–Trinajstić information content (AvgIpc) is 3.01. The van der Waals surface area contributed by atoms with Gasteiger partial charge in [0.05, 0.1) is 6.26 Å². The maximum Gasteiger partial charge on any atom is 0.287 e. The Morgan fingerprint density at radius 1 is 1.48 bits per heavy atom. The molecular formula is C15H24N4O2. The number of nitrogens with zero attached hydrogens (tertiary/aromatic N) is 2. The Morgan fingerprint density at radius 2 is 2.24 bits per heavy atom. The van der Waals surface area contributed by atoms with Crippen LogP contribution < -0.4 is 10.6 Å². The Kier molecular flexibility index (Phi) is 7.71. The van der Waals surface area contributed by atoms with E-state index in [1.807, 2.05) is 13.1 Å². The van der Waals surface area contributed by atoms with Gasteiger partial charge in [0.2, 0.25) is 0 Å². The number of unbranched alkanes of at least 4 members (excludes halogenated alkanes) is 1. The van der Waals surface area contributed by atoms with Gasteiger partial charge < -0.3 is 20.0 Å². The van der Waals surface area contributed by atoms with E-state index in [2.05, 4.69) is 27.1 Å². The molecule has 0 spiro atoms. The van der Waals surface area contributed by atoms with Crippen molar-refractivity contribution in [2.75, 3.05) is 33.7 Å². The molecule has 1 rings (SSSR count). The standard InChI is InChI=1S/C15H24N4O2/c1-4-5-6-11-19(3)15(16-2)18-10-9-17-14(20)13-8-7-12-21-13/h4,7-8,12H,1,5-6,9-11H2,2-3H3,(H,16,18)(H,17,20). The molecule has 2 N–H and O–H groups in total. The quantitative estimate of drug-likeness (QED) is 0.329. The highest BCUT2D eigenvalue weighted by atomic mass is 16.3. The van der Waals surface area contributed by atoms with Crippen molar-refractivity contribution in [2.45, 2.75) is 12.8 Å². The first-order valence-electron chi connectivity index (χ1n) is 7.03. The Hall–Kier alpha value is -2.24. The Morgan fingerprint density at radius 3 is 2.86 bits per heavy atom. The molecular weight excluding hydrogens is 268 g/mol. The van der Waals surface area contributed by atoms with Gasteiger partial charge in [-0.1, -0.05) is 6.08 Å². The lowest BCUT2D eigenvalue weighted by atomic mass is 10.3. The molecule has 1 aromatic rings. The number of guanidine groups is 1. The minimum Gasteiger partial charge on any atom is -0.459 e. The van der Waals surface area contributed by atoms with Gasteiger partial charge in [0.1, 0.15) is 0 Å². The molecule has 0 saturated carbocycles. The van der Waals surface area contributed by atoms with Crippen LogP contribution in [0.3, 0.4) is 0 Å². The number of rotatable bonds is 8. The summed E-state index contributed by atoms with van der Waals surface area (Å²) in [5, 5.41) is 5.98. The highest BCUT2D eigenvalue weighted by Gasteiger charge is 2.08. The number of amides is 1. The number of hydrogen-bond acceptors (Lipinski definition) is 3. The van der Waals surface area contributed by atoms with Crippen molar-refractivity contribution >= 4 is 11.9 Å². The van der Waals surface area contributed by atoms with Crippen molar-refractivity contribution in [1.82, 2.24) is 15.5 Å². The van der Waals surface area contributed by atoms with Gasteiger partial charge in [-0.05, 0) is 25.0 Å². The predicted octanol–water partition coefficient (Wildman–Crippen LogP) is 1.48. The molecule has 0 fully saturated rings. The van der Waals surface area contributed by atoms with Crippen molar-refractivity contribution in [3.63, 3.8) is 0 Å². The van der Waals surface area contributed by atoms with E-state index in [1.54, 1.807) is 19.2 Å². The van der Waals surface area contributed by atoms with E-state index in [-0.39, 0.29) is 5.91 Å². The lowest BCUT2D eigenvalue weighted by Gasteiger charge is -2.21. The summed E-state index contributed by atoms with van der Waals surface area (Å²) < 4.78 is 5.02. The van der Waals surface area contributed by atoms with Gasteiger partial charge in [0, 0.05) is 33.7 Å². The number of carbonyl (C=O) groups is 1. The van der Waals surface area contributed by atoms with Gasteiger partial charge in [-0.2, -0.15) is 0 Å². The van der Waals surface area contributed by atoms with E-state index in [1.165, 1.54) is 6.26 Å². The molecule has 21 heavy (non-hydrogen) atoms. The van der Waals surface area contributed by atoms with Crippen LogP contribution in [0.25, 0.3) is 0 Å². The Bertz CT molecular complexity index is 454. The zero-order chi connectivity index (χ0) is 15.5. The molecule has 0 aliphatic carbocycles. The monoisotopic (exact) mass is 292 g/mol. The SMILES string of the molecule is C=CCCCN(C)C(=NC)NCCNC(=O)c1ccco1. The summed E-state index contributed by atoms with van der Waals surface area (Å²) in [5.41, 5.74) is 0. The van der Waals surface area contributed by atoms with Crippen LogP contribution >= 0.6 is 0 Å². The van der Waals surface area contributed by atoms with Gasteiger partial charge >= 0.3 is 0 Å². The van der Waals surface area contributed by atoms with Crippen LogP contribution in [0.4, 0.5) is 0 Å². The summed E-state index contributed by atoms with van der Waals surface area (Å²) in [6.45, 7) is 5.72. The molecule has 6 heteroatoms. The number of hydrogen-bond donors (Lipinski definition) is 2. The normalized spacial score (nSPS) is 11.0. The van der Waals surface area contributed by atoms with Crippen LogP contribution in [0.2, 0.25) is 0 Å². The average molecular weight is 292 g/mol. The van der Waals surface area contributed by atoms with Gasteiger partial charge in [-0.25, -0.2) is 0 Å². The highest BCUT2D eigenvalue weighted by molar-refractivity contribution is 5.91. The largest absolute Gasteiger partial charge is 0.459 e. The van der Waals surface area contributed by atoms with Crippen LogP contribution in [-0.4, -0.2) is 50.5 Å². The molecule has 1 aromatic heterocycles. The minimum atomic E-state index is -0.212. The van der Waals surface area contributed by atoms with Gasteiger partial charge in [-0.15, -0.1) is 6.58 Å². The van der Waals surface area contributed by atoms with E-state index >= 15 is 0 Å². The molecule has 0 saturated heterocycles. The summed E-state index contributed by atoms with van der Waals surface area (Å²) >= 11 is 0. The summed E-state index contributed by atoms with van der Waals surface area (Å²) in [6.07, 6.45) is 5.41. The summed E-state index contributed by atoms with van der Waals surface area (Å²) in [6, 6.07) is 3.32. The van der Waals surface area contributed by atoms with Crippen molar-refractivity contribution in [3.05, 3.63) is 36.8 Å². The molecule has 0 aliphatic heterocycles. The third-order valence-corrected chi connectivity index (χ3v) is 2.91. The topological polar surface area (TPSA) is 69.9 Å². The summed E-state index contributed by atoms with van der Waals surface area (Å²) in [4.78, 5) is 17.9. The third kappa shape index (κ3) is 6.16. The molecule has 6 nitrogen and oxygen atoms in total. The van der Waals surface area contributed by atoms with Crippen molar-refractivity contribution in [3.8, 4) is 0 Å². The van der Waals surface area contributed by atoms with Crippen LogP contribution in [0.1, 0.15) is 23.4 Å². The number of allylic oxidation sites excluding steroid dienone is 1. The molecule has 0 bridgehead atoms. The van der Waals surface area contributed by atoms with E-state index < -0.39 is 0 Å². The van der Waals surface area contributed by atoms with Gasteiger partial charge in [-0.3, -0.25) is 9.79 Å². The molecule has 0 atom stereocenters. The first kappa shape index (κ1) is 16.8. The highest BCUT2D eigenvalue weighted by Crippen LogP contribution is 1.98. The van der Waals surface area contributed by atoms with Crippen LogP contribution in [0, 0.1) is 0 Å². The van der Waals surface area contributed by atoms with Crippen molar-refractivity contribution in [2.24, 2.45) is 4.99 Å². The fourth-order valence-corrected chi connectivity index (χ4v) is 1.81. The van der Waals surface area contributed by atoms with Crippen LogP contribution in [0.5, 0.6) is 0 Å². The van der Waals surface area contributed by atoms with Gasteiger partial charge in [0.25, 0.3) is 5.91 Å². The second-order valence-electron chi connectivity index (χ2n) is 4.56. The maximum absolute atomic E-state index is 11.6. The van der Waals surface area contributed by atoms with E-state index in [4.69, 9.17) is 4.42 Å². The lowest BCUT2D eigenvalue weighted by molar-refractivity contribution is 0.0926. The molecule has 0 unspecified atom stereocenters. The smallest absolute Gasteiger partial charge is 0.287 e. The molecule has 1 amide bonds. The number of furan rings is 1. The third-order valence-electron chi connectivity index (χ3n) is 2.91. The molecule has 0 radical (unpaired) electrons. The van der Waals surface area contributed by atoms with Crippen molar-refractivity contribution < 1.29 is 9.21 Å². The Balaban J connectivity index is 2.23. The number of nitrogens with one attached hydrogen (secondary N) is 2. The molecule has 116 valence electrons. The summed E-state index contributed by atoms with van der Waals surface area (Å²) in [5.74, 6) is 0.920. The maximum atomic E-state index is 11.6. The summed E-state index contributed by atoms with van der Waals surface area (Å²) in [7, 11) is 3.73. The number of carbonyl (C=O) groups excluding carboxylic acids is 1. The zero-order valence-electron chi connectivity index (χ0n) is 12.8. The van der Waals surface area contributed by atoms with Crippen molar-refractivity contribution in [1.29, 1.82) is 0 Å². The molecule has 0 aliphatic rings. The van der Waals surface area contributed by atoms with Crippen LogP contribution in [-0.2, 0) is 0 Å². The second kappa shape index (κ2) is 9.63. The molecule has 0 aromatic carbocycles. The van der Waals surface area contributed by atoms with E-state index in [0.717, 1.165) is 25.3 Å². The van der Waals surface area contributed by atoms with E-state index in [0.29, 0.717) is 18.8 Å².